The van der Waals surface area contributed by atoms with Crippen LogP contribution in [0.1, 0.15) is 28.2 Å². The maximum atomic E-state index is 13.4. The summed E-state index contributed by atoms with van der Waals surface area (Å²) in [6.07, 6.45) is -4.70. The van der Waals surface area contributed by atoms with E-state index in [0.717, 1.165) is 12.1 Å². The van der Waals surface area contributed by atoms with Gasteiger partial charge in [0.25, 0.3) is 0 Å². The molecule has 0 saturated heterocycles. The lowest BCUT2D eigenvalue weighted by atomic mass is 9.92. The Morgan fingerprint density at radius 2 is 1.68 bits per heavy atom. The number of rotatable bonds is 6. The third kappa shape index (κ3) is 5.94. The molecule has 3 aromatic carbocycles. The lowest BCUT2D eigenvalue weighted by Gasteiger charge is -2.25. The fraction of sp³-hybridized carbons (Fsp3) is 0.200. The highest BCUT2D eigenvalue weighted by Gasteiger charge is 2.36. The molecule has 0 aliphatic carbocycles. The number of nitrogens with zero attached hydrogens (tertiary/aromatic N) is 1. The summed E-state index contributed by atoms with van der Waals surface area (Å²) in [5, 5.41) is 2.54. The zero-order valence-electron chi connectivity index (χ0n) is 18.3. The maximum Gasteiger partial charge on any atom is 0.418 e. The first-order valence-corrected chi connectivity index (χ1v) is 10.6. The van der Waals surface area contributed by atoms with E-state index in [1.807, 2.05) is 0 Å². The van der Waals surface area contributed by atoms with Crippen LogP contribution in [0.25, 0.3) is 0 Å². The average molecular weight is 493 g/mol. The van der Waals surface area contributed by atoms with Gasteiger partial charge in [0.1, 0.15) is 11.7 Å². The van der Waals surface area contributed by atoms with E-state index in [-0.39, 0.29) is 17.1 Å². The second-order valence-electron chi connectivity index (χ2n) is 7.79. The van der Waals surface area contributed by atoms with E-state index in [9.17, 15) is 27.2 Å². The van der Waals surface area contributed by atoms with Crippen LogP contribution >= 0.6 is 11.6 Å². The minimum Gasteiger partial charge on any atom is -0.340 e. The fourth-order valence-corrected chi connectivity index (χ4v) is 3.70. The Morgan fingerprint density at radius 3 is 2.32 bits per heavy atom. The van der Waals surface area contributed by atoms with E-state index in [1.165, 1.54) is 54.4 Å². The number of anilines is 1. The molecular weight excluding hydrogens is 472 g/mol. The number of alkyl halides is 3. The second kappa shape index (κ2) is 10.3. The summed E-state index contributed by atoms with van der Waals surface area (Å²) < 4.78 is 53.5. The fourth-order valence-electron chi connectivity index (χ4n) is 3.51. The molecule has 1 N–H and O–H groups in total. The smallest absolute Gasteiger partial charge is 0.340 e. The highest BCUT2D eigenvalue weighted by molar-refractivity contribution is 6.30. The van der Waals surface area contributed by atoms with Crippen molar-refractivity contribution in [2.75, 3.05) is 12.4 Å². The molecule has 4 nitrogen and oxygen atoms in total. The van der Waals surface area contributed by atoms with E-state index < -0.39 is 41.0 Å². The Labute approximate surface area is 199 Å². The van der Waals surface area contributed by atoms with Crippen molar-refractivity contribution in [2.45, 2.75) is 25.6 Å². The minimum atomic E-state index is -4.70. The van der Waals surface area contributed by atoms with Crippen LogP contribution < -0.4 is 5.32 Å². The normalized spacial score (nSPS) is 12.2. The van der Waals surface area contributed by atoms with Crippen molar-refractivity contribution in [1.82, 2.24) is 4.90 Å². The van der Waals surface area contributed by atoms with E-state index in [4.69, 9.17) is 11.6 Å². The van der Waals surface area contributed by atoms with Crippen LogP contribution in [-0.4, -0.2) is 23.8 Å². The third-order valence-corrected chi connectivity index (χ3v) is 5.50. The molecule has 1 atom stereocenters. The van der Waals surface area contributed by atoms with Gasteiger partial charge < -0.3 is 10.2 Å². The summed E-state index contributed by atoms with van der Waals surface area (Å²) in [5.74, 6) is -3.49. The Kier molecular flexibility index (Phi) is 7.61. The molecule has 9 heteroatoms. The number of para-hydroxylation sites is 1. The zero-order valence-corrected chi connectivity index (χ0v) is 19.0. The summed E-state index contributed by atoms with van der Waals surface area (Å²) in [5.41, 5.74) is -0.0417. The van der Waals surface area contributed by atoms with Gasteiger partial charge in [-0.2, -0.15) is 13.2 Å². The molecule has 0 aliphatic heterocycles. The second-order valence-corrected chi connectivity index (χ2v) is 8.22. The molecule has 0 bridgehead atoms. The molecule has 0 radical (unpaired) electrons. The summed E-state index contributed by atoms with van der Waals surface area (Å²) in [6, 6.07) is 14.7. The van der Waals surface area contributed by atoms with Crippen LogP contribution in [-0.2, 0) is 22.3 Å². The van der Waals surface area contributed by atoms with E-state index in [0.29, 0.717) is 11.1 Å². The van der Waals surface area contributed by atoms with Crippen molar-refractivity contribution in [1.29, 1.82) is 0 Å². The minimum absolute atomic E-state index is 0.0572. The van der Waals surface area contributed by atoms with Gasteiger partial charge in [0.05, 0.1) is 11.3 Å². The topological polar surface area (TPSA) is 49.4 Å². The molecule has 0 fully saturated rings. The summed E-state index contributed by atoms with van der Waals surface area (Å²) >= 11 is 6.10. The number of hydrogen-bond donors (Lipinski definition) is 1. The van der Waals surface area contributed by atoms with Gasteiger partial charge in [-0.15, -0.1) is 0 Å². The Morgan fingerprint density at radius 1 is 1.03 bits per heavy atom. The molecule has 0 saturated carbocycles. The Bertz CT molecular complexity index is 1200. The van der Waals surface area contributed by atoms with Crippen LogP contribution in [0.5, 0.6) is 0 Å². The molecule has 0 aromatic heterocycles. The monoisotopic (exact) mass is 492 g/mol. The highest BCUT2D eigenvalue weighted by Crippen LogP contribution is 2.35. The molecule has 3 rings (SSSR count). The number of halogens is 5. The van der Waals surface area contributed by atoms with Gasteiger partial charge >= 0.3 is 6.18 Å². The SMILES string of the molecule is Cc1ccc(Cl)cc1C(C(=O)Nc1ccccc1C(F)(F)F)C(=O)N(C)Cc1ccc(F)cc1. The largest absolute Gasteiger partial charge is 0.418 e. The van der Waals surface area contributed by atoms with Crippen molar-refractivity contribution in [3.63, 3.8) is 0 Å². The van der Waals surface area contributed by atoms with Crippen LogP contribution in [0.2, 0.25) is 5.02 Å². The molecule has 0 spiro atoms. The molecule has 1 unspecified atom stereocenters. The number of likely N-dealkylation sites (N-methyl/N-ethyl adjacent to an activating group) is 1. The molecule has 2 amide bonds. The summed E-state index contributed by atoms with van der Waals surface area (Å²) in [4.78, 5) is 28.0. The predicted octanol–water partition coefficient (Wildman–Crippen LogP) is 6.19. The summed E-state index contributed by atoms with van der Waals surface area (Å²) in [7, 11) is 1.45. The van der Waals surface area contributed by atoms with Crippen LogP contribution in [0.3, 0.4) is 0 Å². The van der Waals surface area contributed by atoms with E-state index in [2.05, 4.69) is 5.32 Å². The van der Waals surface area contributed by atoms with Crippen molar-refractivity contribution < 1.29 is 27.2 Å². The first-order valence-electron chi connectivity index (χ1n) is 10.2. The van der Waals surface area contributed by atoms with Crippen LogP contribution in [0.4, 0.5) is 23.2 Å². The molecule has 34 heavy (non-hydrogen) atoms. The van der Waals surface area contributed by atoms with Gasteiger partial charge in [0, 0.05) is 18.6 Å². The maximum absolute atomic E-state index is 13.4. The lowest BCUT2D eigenvalue weighted by molar-refractivity contribution is -0.137. The quantitative estimate of drug-likeness (QED) is 0.329. The highest BCUT2D eigenvalue weighted by atomic mass is 35.5. The van der Waals surface area contributed by atoms with Crippen molar-refractivity contribution in [3.05, 3.63) is 99.8 Å². The van der Waals surface area contributed by atoms with E-state index >= 15 is 0 Å². The molecule has 3 aromatic rings. The zero-order chi connectivity index (χ0) is 25.0. The standard InChI is InChI=1S/C25H21ClF4N2O2/c1-15-7-10-17(26)13-19(15)22(24(34)32(2)14-16-8-11-18(27)12-9-16)23(33)31-21-6-4-3-5-20(21)25(28,29)30/h3-13,22H,14H2,1-2H3,(H,31,33). The van der Waals surface area contributed by atoms with Crippen molar-refractivity contribution in [3.8, 4) is 0 Å². The van der Waals surface area contributed by atoms with Crippen molar-refractivity contribution in [2.24, 2.45) is 0 Å². The van der Waals surface area contributed by atoms with E-state index in [1.54, 1.807) is 19.1 Å². The molecule has 178 valence electrons. The van der Waals surface area contributed by atoms with Crippen LogP contribution in [0, 0.1) is 12.7 Å². The number of carbonyl (C=O) groups excluding carboxylic acids is 2. The van der Waals surface area contributed by atoms with Crippen molar-refractivity contribution >= 4 is 29.1 Å². The molecule has 0 aliphatic rings. The van der Waals surface area contributed by atoms with Gasteiger partial charge in [-0.25, -0.2) is 4.39 Å². The Hall–Kier alpha value is -3.39. The van der Waals surface area contributed by atoms with Crippen LogP contribution in [0.15, 0.2) is 66.7 Å². The van der Waals surface area contributed by atoms with Gasteiger partial charge in [0.2, 0.25) is 11.8 Å². The van der Waals surface area contributed by atoms with Gasteiger partial charge in [-0.05, 0) is 60.0 Å². The number of aryl methyl sites for hydroxylation is 1. The summed E-state index contributed by atoms with van der Waals surface area (Å²) in [6.45, 7) is 1.73. The number of nitrogens with one attached hydrogen (secondary N) is 1. The first kappa shape index (κ1) is 25.2. The first-order chi connectivity index (χ1) is 16.0. The predicted molar refractivity (Wildman–Crippen MR) is 122 cm³/mol. The third-order valence-electron chi connectivity index (χ3n) is 5.26. The molecule has 0 heterocycles. The number of benzene rings is 3. The van der Waals surface area contributed by atoms with Gasteiger partial charge in [-0.3, -0.25) is 9.59 Å². The van der Waals surface area contributed by atoms with Gasteiger partial charge in [0.15, 0.2) is 0 Å². The number of amides is 2. The lowest BCUT2D eigenvalue weighted by Crippen LogP contribution is -2.38. The van der Waals surface area contributed by atoms with Gasteiger partial charge in [-0.1, -0.05) is 41.9 Å². The number of carbonyl (C=O) groups is 2. The number of hydrogen-bond acceptors (Lipinski definition) is 2. The molecular formula is C25H21ClF4N2O2. The average Bonchev–Trinajstić information content (AvgIpc) is 2.77. The Balaban J connectivity index is 1.97.